The van der Waals surface area contributed by atoms with Gasteiger partial charge in [0.2, 0.25) is 0 Å². The predicted octanol–water partition coefficient (Wildman–Crippen LogP) is 1.04. The van der Waals surface area contributed by atoms with Crippen LogP contribution in [0, 0.1) is 0 Å². The minimum absolute atomic E-state index is 0.105. The normalized spacial score (nSPS) is 11.0. The number of hydrogen-bond donors (Lipinski definition) is 1. The van der Waals surface area contributed by atoms with Gasteiger partial charge in [0.1, 0.15) is 11.5 Å². The highest BCUT2D eigenvalue weighted by Gasteiger charge is 2.06. The molecule has 0 bridgehead atoms. The average molecular weight is 347 g/mol. The number of hydrogen-bond acceptors (Lipinski definition) is 7. The Labute approximate surface area is 142 Å². The summed E-state index contributed by atoms with van der Waals surface area (Å²) in [7, 11) is 1.56. The number of carbonyl (C=O) groups is 2. The summed E-state index contributed by atoms with van der Waals surface area (Å²) in [6.45, 7) is 1.47. The first-order valence-electron chi connectivity index (χ1n) is 6.91. The number of aromatic carboxylic acids is 1. The van der Waals surface area contributed by atoms with Gasteiger partial charge in [-0.25, -0.2) is 5.43 Å². The van der Waals surface area contributed by atoms with E-state index in [1.807, 2.05) is 0 Å². The number of thiophene rings is 1. The van der Waals surface area contributed by atoms with E-state index < -0.39 is 11.9 Å². The summed E-state index contributed by atoms with van der Waals surface area (Å²) in [6, 6.07) is 9.86. The maximum absolute atomic E-state index is 11.7. The van der Waals surface area contributed by atoms with Gasteiger partial charge >= 0.3 is 0 Å². The molecule has 7 nitrogen and oxygen atoms in total. The predicted molar refractivity (Wildman–Crippen MR) is 87.5 cm³/mol. The number of carbonyl (C=O) groups excluding carboxylic acids is 2. The second kappa shape index (κ2) is 8.11. The summed E-state index contributed by atoms with van der Waals surface area (Å²) in [6.07, 6.45) is 0. The van der Waals surface area contributed by atoms with Crippen LogP contribution in [0.3, 0.4) is 0 Å². The first kappa shape index (κ1) is 17.5. The molecule has 8 heteroatoms. The summed E-state index contributed by atoms with van der Waals surface area (Å²) in [5, 5.41) is 14.6. The highest BCUT2D eigenvalue weighted by molar-refractivity contribution is 7.15. The molecule has 1 N–H and O–H groups in total. The SMILES string of the molecule is COc1ccc(OCC(=O)N/N=C(/C)c2ccc(C(=O)[O-])s2)cc1. The molecule has 1 amide bonds. The Kier molecular flexibility index (Phi) is 5.91. The Morgan fingerprint density at radius 3 is 2.33 bits per heavy atom. The Morgan fingerprint density at radius 1 is 1.12 bits per heavy atom. The summed E-state index contributed by atoms with van der Waals surface area (Å²) < 4.78 is 10.3. The fourth-order valence-electron chi connectivity index (χ4n) is 1.70. The minimum atomic E-state index is -1.24. The van der Waals surface area contributed by atoms with Crippen molar-refractivity contribution in [3.05, 3.63) is 46.2 Å². The lowest BCUT2D eigenvalue weighted by Gasteiger charge is -2.06. The zero-order valence-electron chi connectivity index (χ0n) is 13.1. The minimum Gasteiger partial charge on any atom is -0.544 e. The molecule has 2 aromatic rings. The molecule has 1 heterocycles. The second-order valence-electron chi connectivity index (χ2n) is 4.65. The highest BCUT2D eigenvalue weighted by Crippen LogP contribution is 2.17. The highest BCUT2D eigenvalue weighted by atomic mass is 32.1. The van der Waals surface area contributed by atoms with Gasteiger partial charge in [-0.3, -0.25) is 4.79 Å². The topological polar surface area (TPSA) is 100 Å². The van der Waals surface area contributed by atoms with Crippen molar-refractivity contribution in [3.63, 3.8) is 0 Å². The van der Waals surface area contributed by atoms with E-state index in [0.29, 0.717) is 22.1 Å². The Hall–Kier alpha value is -2.87. The van der Waals surface area contributed by atoms with Crippen molar-refractivity contribution in [3.8, 4) is 11.5 Å². The zero-order valence-corrected chi connectivity index (χ0v) is 13.9. The van der Waals surface area contributed by atoms with Crippen molar-refractivity contribution in [1.82, 2.24) is 5.43 Å². The molecule has 0 saturated carbocycles. The van der Waals surface area contributed by atoms with Crippen LogP contribution in [0.15, 0.2) is 41.5 Å². The van der Waals surface area contributed by atoms with Crippen molar-refractivity contribution in [1.29, 1.82) is 0 Å². The molecule has 0 aliphatic rings. The van der Waals surface area contributed by atoms with Gasteiger partial charge < -0.3 is 19.4 Å². The molecule has 24 heavy (non-hydrogen) atoms. The lowest BCUT2D eigenvalue weighted by atomic mass is 10.3. The molecular formula is C16H15N2O5S-. The van der Waals surface area contributed by atoms with Crippen molar-refractivity contribution in [2.24, 2.45) is 5.10 Å². The number of rotatable bonds is 7. The van der Waals surface area contributed by atoms with Gasteiger partial charge in [0, 0.05) is 0 Å². The monoisotopic (exact) mass is 347 g/mol. The Balaban J connectivity index is 1.85. The van der Waals surface area contributed by atoms with Gasteiger partial charge in [-0.1, -0.05) is 0 Å². The van der Waals surface area contributed by atoms with E-state index in [1.165, 1.54) is 6.07 Å². The quantitative estimate of drug-likeness (QED) is 0.596. The molecule has 0 saturated heterocycles. The molecule has 0 aliphatic heterocycles. The van der Waals surface area contributed by atoms with Crippen LogP contribution in [0.1, 0.15) is 21.5 Å². The third-order valence-electron chi connectivity index (χ3n) is 2.94. The number of carboxylic acids is 1. The summed E-state index contributed by atoms with van der Waals surface area (Å²) in [4.78, 5) is 23.2. The Bertz CT molecular complexity index is 752. The third-order valence-corrected chi connectivity index (χ3v) is 4.12. The van der Waals surface area contributed by atoms with Crippen LogP contribution in [0.4, 0.5) is 0 Å². The van der Waals surface area contributed by atoms with Gasteiger partial charge in [-0.2, -0.15) is 5.10 Å². The molecule has 0 aliphatic carbocycles. The Morgan fingerprint density at radius 2 is 1.75 bits per heavy atom. The second-order valence-corrected chi connectivity index (χ2v) is 5.73. The molecule has 0 atom stereocenters. The molecule has 1 aromatic heterocycles. The maximum Gasteiger partial charge on any atom is 0.277 e. The molecular weight excluding hydrogens is 332 g/mol. The first-order chi connectivity index (χ1) is 11.5. The van der Waals surface area contributed by atoms with Crippen molar-refractivity contribution in [2.75, 3.05) is 13.7 Å². The standard InChI is InChI=1S/C16H16N2O5S/c1-10(13-7-8-14(24-13)16(20)21)17-18-15(19)9-23-12-5-3-11(22-2)4-6-12/h3-8H,9H2,1-2H3,(H,18,19)(H,20,21)/p-1/b17-10-. The van der Waals surface area contributed by atoms with Crippen LogP contribution >= 0.6 is 11.3 Å². The molecule has 0 fully saturated rings. The van der Waals surface area contributed by atoms with Gasteiger partial charge in [0.05, 0.1) is 28.5 Å². The van der Waals surface area contributed by atoms with E-state index >= 15 is 0 Å². The zero-order chi connectivity index (χ0) is 17.5. The van der Waals surface area contributed by atoms with Crippen molar-refractivity contribution >= 4 is 28.9 Å². The van der Waals surface area contributed by atoms with Gasteiger partial charge in [-0.05, 0) is 43.3 Å². The van der Waals surface area contributed by atoms with E-state index in [0.717, 1.165) is 11.3 Å². The van der Waals surface area contributed by atoms with Gasteiger partial charge in [0.25, 0.3) is 5.91 Å². The van der Waals surface area contributed by atoms with E-state index in [-0.39, 0.29) is 11.5 Å². The largest absolute Gasteiger partial charge is 0.544 e. The molecule has 2 rings (SSSR count). The number of nitrogens with zero attached hydrogens (tertiary/aromatic N) is 1. The summed E-state index contributed by atoms with van der Waals surface area (Å²) >= 11 is 1.03. The van der Waals surface area contributed by atoms with E-state index in [9.17, 15) is 14.7 Å². The number of carboxylic acid groups (broad SMARTS) is 1. The number of hydrazone groups is 1. The molecule has 0 spiro atoms. The van der Waals surface area contributed by atoms with Gasteiger partial charge in [-0.15, -0.1) is 11.3 Å². The van der Waals surface area contributed by atoms with Crippen LogP contribution in [-0.4, -0.2) is 31.3 Å². The molecule has 0 radical (unpaired) electrons. The van der Waals surface area contributed by atoms with Gasteiger partial charge in [0.15, 0.2) is 6.61 Å². The fraction of sp³-hybridized carbons (Fsp3) is 0.188. The molecule has 1 aromatic carbocycles. The molecule has 126 valence electrons. The molecule has 0 unspecified atom stereocenters. The number of ether oxygens (including phenoxy) is 2. The van der Waals surface area contributed by atoms with E-state index in [1.54, 1.807) is 44.4 Å². The third kappa shape index (κ3) is 4.82. The van der Waals surface area contributed by atoms with E-state index in [4.69, 9.17) is 9.47 Å². The summed E-state index contributed by atoms with van der Waals surface area (Å²) in [5.74, 6) is -0.444. The van der Waals surface area contributed by atoms with Crippen LogP contribution in [-0.2, 0) is 4.79 Å². The van der Waals surface area contributed by atoms with Crippen LogP contribution in [0.25, 0.3) is 0 Å². The lowest BCUT2D eigenvalue weighted by Crippen LogP contribution is -2.25. The number of benzene rings is 1. The number of amides is 1. The number of methoxy groups -OCH3 is 1. The van der Waals surface area contributed by atoms with Crippen LogP contribution in [0.5, 0.6) is 11.5 Å². The van der Waals surface area contributed by atoms with Crippen molar-refractivity contribution in [2.45, 2.75) is 6.92 Å². The fourth-order valence-corrected chi connectivity index (χ4v) is 2.48. The summed E-state index contributed by atoms with van der Waals surface area (Å²) in [5.41, 5.74) is 2.85. The van der Waals surface area contributed by atoms with Crippen LogP contribution < -0.4 is 20.0 Å². The average Bonchev–Trinajstić information content (AvgIpc) is 3.08. The van der Waals surface area contributed by atoms with Crippen LogP contribution in [0.2, 0.25) is 0 Å². The first-order valence-corrected chi connectivity index (χ1v) is 7.73. The number of nitrogens with one attached hydrogen (secondary N) is 1. The lowest BCUT2D eigenvalue weighted by molar-refractivity contribution is -0.254. The smallest absolute Gasteiger partial charge is 0.277 e. The van der Waals surface area contributed by atoms with E-state index in [2.05, 4.69) is 10.5 Å². The maximum atomic E-state index is 11.7. The van der Waals surface area contributed by atoms with Crippen molar-refractivity contribution < 1.29 is 24.2 Å².